The van der Waals surface area contributed by atoms with Crippen LogP contribution in [-0.2, 0) is 69.3 Å². The fourth-order valence-corrected chi connectivity index (χ4v) is 14.6. The Bertz CT molecular complexity index is 5440. The number of fused-ring (bicyclic) bond motifs is 5. The van der Waals surface area contributed by atoms with Crippen LogP contribution in [0.15, 0.2) is 135 Å². The Hall–Kier alpha value is -12.4. The number of hydrogen-bond acceptors (Lipinski definition) is 21. The van der Waals surface area contributed by atoms with Crippen molar-refractivity contribution in [1.29, 1.82) is 5.41 Å². The van der Waals surface area contributed by atoms with E-state index in [0.29, 0.717) is 81.5 Å². The number of hydrogen-bond donors (Lipinski definition) is 7. The van der Waals surface area contributed by atoms with Gasteiger partial charge in [-0.25, -0.2) is 18.5 Å². The molecule has 558 valence electrons. The highest BCUT2D eigenvalue weighted by atomic mass is 32.2. The van der Waals surface area contributed by atoms with Crippen LogP contribution in [0.4, 0.5) is 0 Å². The third-order valence-corrected chi connectivity index (χ3v) is 20.6. The number of ether oxygens (including phenoxy) is 2. The van der Waals surface area contributed by atoms with Gasteiger partial charge in [-0.2, -0.15) is 0 Å². The number of oxime groups is 1. The summed E-state index contributed by atoms with van der Waals surface area (Å²) in [5.74, 6) is 1.78. The van der Waals surface area contributed by atoms with Crippen molar-refractivity contribution in [2.24, 2.45) is 21.4 Å². The van der Waals surface area contributed by atoms with E-state index in [1.165, 1.54) is 54.4 Å². The molecule has 0 aliphatic carbocycles. The number of likely N-dealkylation sites (N-methyl/N-ethyl adjacent to an activating group) is 2. The molecule has 0 unspecified atom stereocenters. The molecule has 0 bridgehead atoms. The Morgan fingerprint density at radius 2 is 1.18 bits per heavy atom. The van der Waals surface area contributed by atoms with Crippen molar-refractivity contribution in [2.75, 3.05) is 72.3 Å². The molecule has 9 N–H and O–H groups in total. The predicted octanol–water partition coefficient (Wildman–Crippen LogP) is 4.75. The van der Waals surface area contributed by atoms with Gasteiger partial charge in [0, 0.05) is 104 Å². The van der Waals surface area contributed by atoms with Crippen LogP contribution in [0.5, 0.6) is 11.5 Å². The highest BCUT2D eigenvalue weighted by Crippen LogP contribution is 2.42. The van der Waals surface area contributed by atoms with Crippen LogP contribution in [0.1, 0.15) is 135 Å². The van der Waals surface area contributed by atoms with Gasteiger partial charge in [0.05, 0.1) is 36.2 Å². The Kier molecular flexibility index (Phi) is 20.3. The van der Waals surface area contributed by atoms with E-state index in [1.54, 1.807) is 53.4 Å². The molecule has 108 heavy (non-hydrogen) atoms. The second kappa shape index (κ2) is 30.2. The second-order valence-electron chi connectivity index (χ2n) is 27.0. The van der Waals surface area contributed by atoms with Gasteiger partial charge in [-0.15, -0.1) is 0 Å². The number of rotatable bonds is 21. The van der Waals surface area contributed by atoms with E-state index in [0.717, 1.165) is 41.9 Å². The van der Waals surface area contributed by atoms with Crippen LogP contribution in [0, 0.1) is 29.6 Å². The molecular formula is C77H77N13O17S. The Balaban J connectivity index is 0.000000155. The van der Waals surface area contributed by atoms with E-state index >= 15 is 0 Å². The summed E-state index contributed by atoms with van der Waals surface area (Å²) in [4.78, 5) is 140. The first kappa shape index (κ1) is 72.5. The summed E-state index contributed by atoms with van der Waals surface area (Å²) < 4.78 is 61.0. The topological polar surface area (TPSA) is 423 Å². The molecular weight excluding hydrogens is 1410 g/mol. The molecule has 31 heteroatoms. The number of aryl methyl sites for hydroxylation is 1. The van der Waals surface area contributed by atoms with Gasteiger partial charge in [0.2, 0.25) is 45.5 Å². The van der Waals surface area contributed by atoms with Crippen LogP contribution in [0.25, 0.3) is 22.1 Å². The Morgan fingerprint density at radius 1 is 0.657 bits per heavy atom. The number of pyridine rings is 1. The quantitative estimate of drug-likeness (QED) is 0.00970. The molecule has 5 aromatic carbocycles. The van der Waals surface area contributed by atoms with E-state index in [-0.39, 0.29) is 110 Å². The van der Waals surface area contributed by atoms with E-state index in [9.17, 15) is 61.6 Å². The molecule has 0 radical (unpaired) electrons. The molecule has 6 aliphatic heterocycles. The van der Waals surface area contributed by atoms with Crippen LogP contribution < -0.4 is 36.3 Å². The second-order valence-corrected chi connectivity index (χ2v) is 28.6. The number of benzene rings is 5. The molecule has 3 atom stereocenters. The summed E-state index contributed by atoms with van der Waals surface area (Å²) in [5, 5.41) is 33.8. The van der Waals surface area contributed by atoms with Crippen LogP contribution >= 0.6 is 0 Å². The van der Waals surface area contributed by atoms with Gasteiger partial charge in [-0.3, -0.25) is 69.3 Å². The van der Waals surface area contributed by atoms with Gasteiger partial charge in [-0.05, 0) is 122 Å². The van der Waals surface area contributed by atoms with Crippen LogP contribution in [0.2, 0.25) is 0 Å². The molecule has 0 spiro atoms. The molecule has 6 aliphatic rings. The first-order valence-corrected chi connectivity index (χ1v) is 36.1. The summed E-state index contributed by atoms with van der Waals surface area (Å²) in [6.45, 7) is 12.8. The number of primary sulfonamides is 1. The largest absolute Gasteiger partial charge is 0.497 e. The van der Waals surface area contributed by atoms with Gasteiger partial charge in [0.1, 0.15) is 67.6 Å². The fraction of sp³-hybridized carbons (Fsp3) is 0.312. The van der Waals surface area contributed by atoms with Crippen molar-refractivity contribution in [3.63, 3.8) is 0 Å². The van der Waals surface area contributed by atoms with Crippen molar-refractivity contribution >= 4 is 103 Å². The Labute approximate surface area is 622 Å². The predicted molar refractivity (Wildman–Crippen MR) is 391 cm³/mol. The zero-order chi connectivity index (χ0) is 79.1. The number of amides is 9. The lowest BCUT2D eigenvalue weighted by molar-refractivity contribution is -0.128. The number of sulfonamides is 1. The average Bonchev–Trinajstić information content (AvgIpc) is 1.59. The number of nitrogen functional groups attached to an aromatic ring is 1. The maximum absolute atomic E-state index is 13.4. The third kappa shape index (κ3) is 15.1. The number of nitrogens with zero attached hydrogens (tertiary/aromatic N) is 7. The maximum Gasteiger partial charge on any atom is 0.254 e. The monoisotopic (exact) mass is 1490 g/mol. The minimum Gasteiger partial charge on any atom is -0.497 e. The fourth-order valence-electron chi connectivity index (χ4n) is 14.1. The zero-order valence-corrected chi connectivity index (χ0v) is 60.5. The van der Waals surface area contributed by atoms with Crippen molar-refractivity contribution in [3.05, 3.63) is 194 Å². The number of nitrogens with one attached hydrogen (secondary N) is 4. The number of aromatic nitrogens is 1. The number of carbonyl (C=O) groups excluding carboxylic acids is 10. The zero-order valence-electron chi connectivity index (χ0n) is 61.7. The van der Waals surface area contributed by atoms with Crippen LogP contribution in [-0.4, -0.2) is 186 Å². The molecule has 30 nitrogen and oxygen atoms in total. The molecule has 9 heterocycles. The lowest BCUT2D eigenvalue weighted by atomic mass is 9.82. The molecule has 9 amide bonds. The number of imide groups is 3. The summed E-state index contributed by atoms with van der Waals surface area (Å²) in [6.07, 6.45) is -0.584. The van der Waals surface area contributed by atoms with Crippen molar-refractivity contribution in [1.82, 2.24) is 45.4 Å². The first-order valence-electron chi connectivity index (χ1n) is 35.4. The molecule has 3 fully saturated rings. The highest BCUT2D eigenvalue weighted by molar-refractivity contribution is 7.89. The van der Waals surface area contributed by atoms with Crippen LogP contribution in [0.3, 0.4) is 0 Å². The van der Waals surface area contributed by atoms with Crippen molar-refractivity contribution < 1.29 is 82.6 Å². The van der Waals surface area contributed by atoms with Gasteiger partial charge in [0.15, 0.2) is 17.2 Å². The minimum atomic E-state index is -3.96. The van der Waals surface area contributed by atoms with E-state index < -0.39 is 79.1 Å². The average molecular weight is 1490 g/mol. The smallest absolute Gasteiger partial charge is 0.254 e. The molecule has 3 aromatic heterocycles. The number of methoxy groups -OCH3 is 2. The van der Waals surface area contributed by atoms with Gasteiger partial charge < -0.3 is 53.7 Å². The van der Waals surface area contributed by atoms with Crippen molar-refractivity contribution in [3.8, 4) is 23.3 Å². The number of ketones is 1. The van der Waals surface area contributed by atoms with E-state index in [1.807, 2.05) is 49.1 Å². The minimum absolute atomic E-state index is 0.0224. The number of nitrogens with two attached hydrogens (primary N) is 2. The molecule has 0 saturated carbocycles. The van der Waals surface area contributed by atoms with Crippen molar-refractivity contribution in [2.45, 2.75) is 77.4 Å². The third-order valence-electron chi connectivity index (χ3n) is 19.9. The lowest BCUT2D eigenvalue weighted by Gasteiger charge is -2.28. The van der Waals surface area contributed by atoms with E-state index in [4.69, 9.17) is 37.3 Å². The normalized spacial score (nSPS) is 19.6. The maximum atomic E-state index is 13.4. The number of Topliss-reactive ketones (excluding diaryl/α,β-unsaturated/α-hetero) is 1. The number of amidine groups is 2. The first-order chi connectivity index (χ1) is 52.4. The Morgan fingerprint density at radius 3 is 1.68 bits per heavy atom. The SMILES string of the molecule is CCN(CC)CCN(CC)/C(=N/O)c1ccc2oc([C@]3(CN4Cc5ccc(OC)cc5C4=O)CC(=O)NC3=O)cc2c1.COc1ccc2c(c1)C(=O)N(C[C@@]1(C#Cc3ccc(C(=O)CS(N)(=O)=O)cc3)CC(=O)NC1=O)C2.[2H]c1c(C(=N)N)nc2cc([C@]3(CN4Cc5ccc(C)cc5C4=O)CC(=O)NC3=O)oc2c1[2H]. The summed E-state index contributed by atoms with van der Waals surface area (Å²) in [5.41, 5.74) is 7.73. The van der Waals surface area contributed by atoms with Gasteiger partial charge in [-0.1, -0.05) is 72.8 Å². The summed E-state index contributed by atoms with van der Waals surface area (Å²) in [6, 6.07) is 29.7. The van der Waals surface area contributed by atoms with Gasteiger partial charge in [0.25, 0.3) is 17.7 Å². The summed E-state index contributed by atoms with van der Waals surface area (Å²) >= 11 is 0. The molecule has 14 rings (SSSR count). The number of furan rings is 2. The lowest BCUT2D eigenvalue weighted by Crippen LogP contribution is -2.46. The van der Waals surface area contributed by atoms with E-state index in [2.05, 4.69) is 56.7 Å². The highest BCUT2D eigenvalue weighted by Gasteiger charge is 2.55. The molecule has 3 saturated heterocycles. The standard InChI is InChI=1S/C31H37N5O6.C24H21N3O7S.C22H19N5O4/c1-5-34(6-2)12-13-35(7-3)28(33-40)20-9-11-25-22(14-20)15-26(42-25)31(17-27(37)32-30(31)39)19-36-18-21-8-10-23(41-4)16-24(21)29(36)38;1-34-18-7-6-17-12-27(22(30)19(17)10-18)14-24(11-21(29)26-23(24)31)9-8-15-2-4-16(5-3-15)20(28)13-35(25,32)33;1-11-2-3-12-9-27(20(29)13(12)6-11)10-22(8-18(28)26-21(22)30)17-7-15-16(31-17)5-4-14(25-15)19(23)24/h8-11,14-16,40H,5-7,12-13,17-19H2,1-4H3,(H,32,37,39);2-7,10H,11-14H2,1H3,(H2,25,32,33)(H,26,29,31);2-7H,8-10H2,1H3,(H3,23,24)(H,26,28,30)/b33-28+;;/t31-;24-;22-/m111/s1/i;;4D,5D. The molecule has 8 aromatic rings. The van der Waals surface area contributed by atoms with Gasteiger partial charge >= 0.3 is 0 Å². The number of carbonyl (C=O) groups is 10. The summed E-state index contributed by atoms with van der Waals surface area (Å²) in [7, 11) is -0.916.